The molecule has 9 aromatic rings. The van der Waals surface area contributed by atoms with E-state index in [1.54, 1.807) is 0 Å². The Bertz CT molecular complexity index is 3660. The van der Waals surface area contributed by atoms with Crippen molar-refractivity contribution in [3.05, 3.63) is 202 Å². The molecule has 0 fully saturated rings. The summed E-state index contributed by atoms with van der Waals surface area (Å²) in [7, 11) is 0. The number of imidazole rings is 1. The summed E-state index contributed by atoms with van der Waals surface area (Å²) in [6, 6.07) is 53.1. The highest BCUT2D eigenvalue weighted by molar-refractivity contribution is 5.98. The van der Waals surface area contributed by atoms with Gasteiger partial charge in [-0.25, -0.2) is 4.98 Å². The summed E-state index contributed by atoms with van der Waals surface area (Å²) in [6.45, 7) is 27.5. The van der Waals surface area contributed by atoms with Crippen LogP contribution in [0, 0.1) is 0 Å². The molecule has 73 heavy (non-hydrogen) atoms. The van der Waals surface area contributed by atoms with Gasteiger partial charge in [-0.2, -0.15) is 0 Å². The normalized spacial score (nSPS) is 16.0. The molecule has 370 valence electrons. The average molecular weight is 963 g/mol. The van der Waals surface area contributed by atoms with E-state index in [4.69, 9.17) is 9.97 Å². The van der Waals surface area contributed by atoms with Crippen molar-refractivity contribution in [2.75, 3.05) is 0 Å². The first kappa shape index (κ1) is 45.8. The number of fused-ring (bicyclic) bond motifs is 2. The van der Waals surface area contributed by atoms with Gasteiger partial charge in [0.05, 0.1) is 28.0 Å². The van der Waals surface area contributed by atoms with Crippen LogP contribution in [0.5, 0.6) is 5.75 Å². The molecule has 0 aliphatic heterocycles. The highest BCUT2D eigenvalue weighted by Gasteiger charge is 2.32. The Morgan fingerprint density at radius 3 is 1.79 bits per heavy atom. The van der Waals surface area contributed by atoms with Crippen molar-refractivity contribution < 1.29 is 9.22 Å². The number of para-hydroxylation sites is 1. The molecule has 1 aliphatic carbocycles. The number of aromatic nitrogens is 3. The molecule has 2 heterocycles. The van der Waals surface area contributed by atoms with Crippen LogP contribution in [-0.4, -0.2) is 19.6 Å². The molecule has 0 saturated heterocycles. The summed E-state index contributed by atoms with van der Waals surface area (Å²) >= 11 is 0. The molecule has 7 aromatic carbocycles. The quantitative estimate of drug-likeness (QED) is 0.157. The van der Waals surface area contributed by atoms with Gasteiger partial charge in [0.1, 0.15) is 11.6 Å². The molecule has 10 rings (SSSR count). The Balaban J connectivity index is 1.26. The van der Waals surface area contributed by atoms with Crippen molar-refractivity contribution in [1.29, 1.82) is 0 Å². The molecule has 1 unspecified atom stereocenters. The lowest BCUT2D eigenvalue weighted by Crippen LogP contribution is -2.17. The third-order valence-corrected chi connectivity index (χ3v) is 14.9. The molecule has 0 saturated carbocycles. The summed E-state index contributed by atoms with van der Waals surface area (Å²) in [6.07, 6.45) is 3.01. The minimum Gasteiger partial charge on any atom is -0.507 e. The first-order valence-electron chi connectivity index (χ1n) is 27.5. The van der Waals surface area contributed by atoms with Crippen molar-refractivity contribution in [3.8, 4) is 67.5 Å². The predicted octanol–water partition coefficient (Wildman–Crippen LogP) is 18.5. The second-order valence-corrected chi connectivity index (χ2v) is 23.9. The minimum atomic E-state index is -0.907. The second kappa shape index (κ2) is 18.8. The number of rotatable bonds is 9. The van der Waals surface area contributed by atoms with Gasteiger partial charge in [0.2, 0.25) is 0 Å². The Kier molecular flexibility index (Phi) is 11.8. The number of hydrogen-bond donors (Lipinski definition) is 1. The van der Waals surface area contributed by atoms with E-state index >= 15 is 0 Å². The second-order valence-electron chi connectivity index (χ2n) is 23.9. The van der Waals surface area contributed by atoms with Crippen LogP contribution in [0.25, 0.3) is 72.7 Å². The third-order valence-electron chi connectivity index (χ3n) is 14.9. The highest BCUT2D eigenvalue weighted by Crippen LogP contribution is 2.48. The minimum absolute atomic E-state index is 0.214. The lowest BCUT2D eigenvalue weighted by molar-refractivity contribution is 0.446. The Hall–Kier alpha value is -7.04. The molecule has 1 atom stereocenters. The monoisotopic (exact) mass is 963 g/mol. The molecule has 0 amide bonds. The van der Waals surface area contributed by atoms with Crippen molar-refractivity contribution in [1.82, 2.24) is 14.5 Å². The summed E-state index contributed by atoms with van der Waals surface area (Å²) < 4.78 is 30.6. The van der Waals surface area contributed by atoms with E-state index in [1.165, 1.54) is 0 Å². The van der Waals surface area contributed by atoms with E-state index in [2.05, 4.69) is 170 Å². The van der Waals surface area contributed by atoms with Crippen LogP contribution in [-0.2, 0) is 29.1 Å². The van der Waals surface area contributed by atoms with Crippen LogP contribution in [0.2, 0.25) is 0 Å². The van der Waals surface area contributed by atoms with Gasteiger partial charge in [0.15, 0.2) is 0 Å². The van der Waals surface area contributed by atoms with Gasteiger partial charge in [0, 0.05) is 32.6 Å². The lowest BCUT2D eigenvalue weighted by Gasteiger charge is -2.27. The van der Waals surface area contributed by atoms with Gasteiger partial charge < -0.3 is 5.11 Å². The van der Waals surface area contributed by atoms with Crippen LogP contribution in [0.15, 0.2) is 158 Å². The van der Waals surface area contributed by atoms with Crippen LogP contribution in [0.1, 0.15) is 156 Å². The van der Waals surface area contributed by atoms with E-state index in [9.17, 15) is 9.22 Å². The number of phenols is 1. The van der Waals surface area contributed by atoms with Crippen LogP contribution >= 0.6 is 0 Å². The fourth-order valence-corrected chi connectivity index (χ4v) is 10.8. The number of pyridine rings is 1. The summed E-state index contributed by atoms with van der Waals surface area (Å²) in [5.41, 5.74) is 18.1. The molecule has 0 radical (unpaired) electrons. The molecule has 2 aromatic heterocycles. The van der Waals surface area contributed by atoms with Gasteiger partial charge in [-0.15, -0.1) is 0 Å². The molecule has 1 N–H and O–H groups in total. The van der Waals surface area contributed by atoms with Crippen molar-refractivity contribution >= 4 is 11.0 Å². The van der Waals surface area contributed by atoms with Crippen LogP contribution in [0.4, 0.5) is 0 Å². The summed E-state index contributed by atoms with van der Waals surface area (Å²) in [5.74, 6) is -1.79. The van der Waals surface area contributed by atoms with Gasteiger partial charge in [0.25, 0.3) is 0 Å². The zero-order valence-corrected chi connectivity index (χ0v) is 45.2. The predicted molar refractivity (Wildman–Crippen MR) is 309 cm³/mol. The molecule has 1 aliphatic rings. The molecule has 4 nitrogen and oxygen atoms in total. The topological polar surface area (TPSA) is 50.9 Å². The van der Waals surface area contributed by atoms with Crippen LogP contribution in [0.3, 0.4) is 0 Å². The smallest absolute Gasteiger partial charge is 0.149 e. The van der Waals surface area contributed by atoms with Gasteiger partial charge in [-0.3, -0.25) is 9.55 Å². The fourth-order valence-electron chi connectivity index (χ4n) is 10.8. The van der Waals surface area contributed by atoms with Crippen molar-refractivity contribution in [3.63, 3.8) is 0 Å². The SMILES string of the molecule is [2H]C(C)(C)c1cccc(C([2H])(C)C)c1-c1ccnc(-c2cc(-c3cccc4c3nc(-c3cc(C(C)(C)C)cc(C(C)(C)C)c3O)n4-c3cc4c(cc3-c3ccccc3)CC([2H])(c3ccccc3)C4)cc(C(C)(C)C)c2)c1. The maximum absolute atomic E-state index is 12.8. The zero-order valence-electron chi connectivity index (χ0n) is 48.2. The van der Waals surface area contributed by atoms with Crippen molar-refractivity contribution in [2.45, 2.75) is 137 Å². The number of phenolic OH excluding ortho intramolecular Hbond substituents is 1. The molecular weight excluding hydrogens is 887 g/mol. The summed E-state index contributed by atoms with van der Waals surface area (Å²) in [5, 5.41) is 12.8. The maximum Gasteiger partial charge on any atom is 0.149 e. The van der Waals surface area contributed by atoms with Crippen molar-refractivity contribution in [2.24, 2.45) is 0 Å². The first-order chi connectivity index (χ1) is 35.6. The Labute approximate surface area is 439 Å². The summed E-state index contributed by atoms with van der Waals surface area (Å²) in [4.78, 5) is 10.8. The molecule has 0 spiro atoms. The fraction of sp³-hybridized carbons (Fsp3) is 0.304. The lowest BCUT2D eigenvalue weighted by atomic mass is 9.79. The number of hydrogen-bond acceptors (Lipinski definition) is 3. The van der Waals surface area contributed by atoms with Crippen LogP contribution < -0.4 is 0 Å². The van der Waals surface area contributed by atoms with E-state index < -0.39 is 17.7 Å². The molecule has 0 bridgehead atoms. The van der Waals surface area contributed by atoms with E-state index in [1.807, 2.05) is 82.4 Å². The van der Waals surface area contributed by atoms with Gasteiger partial charge in [-0.05, 0) is 156 Å². The highest BCUT2D eigenvalue weighted by atomic mass is 16.3. The van der Waals surface area contributed by atoms with E-state index in [0.29, 0.717) is 24.2 Å². The first-order valence-corrected chi connectivity index (χ1v) is 26.0. The third kappa shape index (κ3) is 9.46. The molecule has 4 heteroatoms. The Morgan fingerprint density at radius 2 is 1.16 bits per heavy atom. The largest absolute Gasteiger partial charge is 0.507 e. The van der Waals surface area contributed by atoms with E-state index in [0.717, 1.165) is 106 Å². The number of nitrogens with zero attached hydrogens (tertiary/aromatic N) is 3. The Morgan fingerprint density at radius 1 is 0.562 bits per heavy atom. The maximum atomic E-state index is 12.8. The van der Waals surface area contributed by atoms with Gasteiger partial charge in [-0.1, -0.05) is 193 Å². The number of aromatic hydroxyl groups is 1. The standard InChI is InChI=1S/C69H73N3O/c1-42(2)54-26-20-27-55(43(3)4)63(54)46-30-31-70-60(38-46)51-34-50(35-52(36-51)67(5,6)7)56-28-21-29-61-64(56)71-66(58-40-53(68(8,9)10)41-59(65(58)73)69(11,12)13)72(61)62-39-49-33-47(44-22-16-14-17-23-44)32-48(49)37-57(62)45-24-18-15-19-25-45/h14-31,34-43,47,73H,32-33H2,1-13H3/i42D,43D,47D. The van der Waals surface area contributed by atoms with Gasteiger partial charge >= 0.3 is 0 Å². The average Bonchev–Trinajstić information content (AvgIpc) is 3.96. The van der Waals surface area contributed by atoms with E-state index in [-0.39, 0.29) is 22.0 Å². The number of benzene rings is 7. The zero-order chi connectivity index (χ0) is 54.5. The molecular formula is C69H73N3O.